The number of benzene rings is 1. The number of pyridine rings is 1. The fraction of sp³-hybridized carbons (Fsp3) is 0.438. The van der Waals surface area contributed by atoms with Crippen LogP contribution in [0, 0.1) is 5.92 Å². The van der Waals surface area contributed by atoms with Gasteiger partial charge in [0.15, 0.2) is 0 Å². The Hall–Kier alpha value is -1.81. The van der Waals surface area contributed by atoms with Crippen LogP contribution in [0.4, 0.5) is 11.5 Å². The summed E-state index contributed by atoms with van der Waals surface area (Å²) in [4.78, 5) is 7.07. The van der Waals surface area contributed by atoms with Crippen molar-refractivity contribution in [3.63, 3.8) is 0 Å². The van der Waals surface area contributed by atoms with Gasteiger partial charge in [-0.2, -0.15) is 0 Å². The molecule has 1 saturated heterocycles. The van der Waals surface area contributed by atoms with Gasteiger partial charge in [0.25, 0.3) is 0 Å². The van der Waals surface area contributed by atoms with E-state index in [1.807, 2.05) is 24.3 Å². The van der Waals surface area contributed by atoms with E-state index in [1.165, 1.54) is 6.42 Å². The van der Waals surface area contributed by atoms with Crippen LogP contribution in [0.25, 0.3) is 10.9 Å². The van der Waals surface area contributed by atoms with Crippen LogP contribution in [0.1, 0.15) is 13.3 Å². The zero-order chi connectivity index (χ0) is 14.1. The number of likely N-dealkylation sites (tertiary alicyclic amines) is 1. The minimum Gasteiger partial charge on any atom is -0.399 e. The van der Waals surface area contributed by atoms with Gasteiger partial charge >= 0.3 is 0 Å². The Morgan fingerprint density at radius 3 is 2.95 bits per heavy atom. The van der Waals surface area contributed by atoms with Crippen molar-refractivity contribution in [2.45, 2.75) is 19.4 Å². The molecule has 1 fully saturated rings. The topological polar surface area (TPSA) is 54.2 Å². The van der Waals surface area contributed by atoms with E-state index >= 15 is 0 Å². The molecular weight excluding hydrogens is 248 g/mol. The lowest BCUT2D eigenvalue weighted by Crippen LogP contribution is -2.43. The van der Waals surface area contributed by atoms with Gasteiger partial charge in [0, 0.05) is 23.7 Å². The maximum atomic E-state index is 5.79. The molecule has 0 aliphatic carbocycles. The van der Waals surface area contributed by atoms with Crippen LogP contribution in [0.3, 0.4) is 0 Å². The normalized spacial score (nSPS) is 23.9. The fourth-order valence-electron chi connectivity index (χ4n) is 2.98. The van der Waals surface area contributed by atoms with Gasteiger partial charge in [0.1, 0.15) is 5.82 Å². The highest BCUT2D eigenvalue weighted by Gasteiger charge is 2.24. The molecule has 0 saturated carbocycles. The summed E-state index contributed by atoms with van der Waals surface area (Å²) in [5, 5.41) is 4.68. The molecule has 0 spiro atoms. The molecule has 1 aliphatic rings. The molecule has 4 nitrogen and oxygen atoms in total. The van der Waals surface area contributed by atoms with Gasteiger partial charge in [-0.3, -0.25) is 0 Å². The molecule has 4 heteroatoms. The number of nitrogen functional groups attached to an aromatic ring is 1. The molecule has 2 unspecified atom stereocenters. The highest BCUT2D eigenvalue weighted by Crippen LogP contribution is 2.22. The Morgan fingerprint density at radius 1 is 1.30 bits per heavy atom. The average Bonchev–Trinajstić information content (AvgIpc) is 2.42. The monoisotopic (exact) mass is 270 g/mol. The number of nitrogens with zero attached hydrogens (tertiary/aromatic N) is 2. The van der Waals surface area contributed by atoms with Crippen LogP contribution in [-0.2, 0) is 0 Å². The molecule has 1 aromatic carbocycles. The second-order valence-electron chi connectivity index (χ2n) is 5.93. The summed E-state index contributed by atoms with van der Waals surface area (Å²) < 4.78 is 0. The van der Waals surface area contributed by atoms with E-state index in [4.69, 9.17) is 5.73 Å². The van der Waals surface area contributed by atoms with Crippen molar-refractivity contribution in [3.8, 4) is 0 Å². The van der Waals surface area contributed by atoms with Crippen molar-refractivity contribution in [2.24, 2.45) is 5.92 Å². The van der Waals surface area contributed by atoms with E-state index in [-0.39, 0.29) is 0 Å². The summed E-state index contributed by atoms with van der Waals surface area (Å²) in [5.41, 5.74) is 7.57. The summed E-state index contributed by atoms with van der Waals surface area (Å²) in [6.45, 7) is 4.59. The van der Waals surface area contributed by atoms with Crippen molar-refractivity contribution < 1.29 is 0 Å². The van der Waals surface area contributed by atoms with Crippen molar-refractivity contribution in [1.29, 1.82) is 0 Å². The lowest BCUT2D eigenvalue weighted by Gasteiger charge is -2.35. The number of hydrogen-bond acceptors (Lipinski definition) is 4. The first kappa shape index (κ1) is 13.2. The van der Waals surface area contributed by atoms with Crippen molar-refractivity contribution in [3.05, 3.63) is 30.3 Å². The van der Waals surface area contributed by atoms with Gasteiger partial charge in [-0.25, -0.2) is 4.98 Å². The summed E-state index contributed by atoms with van der Waals surface area (Å²) in [5.74, 6) is 1.60. The molecule has 0 amide bonds. The summed E-state index contributed by atoms with van der Waals surface area (Å²) >= 11 is 0. The van der Waals surface area contributed by atoms with Crippen LogP contribution in [0.2, 0.25) is 0 Å². The molecule has 0 radical (unpaired) electrons. The average molecular weight is 270 g/mol. The Balaban J connectivity index is 1.79. The maximum absolute atomic E-state index is 5.79. The van der Waals surface area contributed by atoms with Gasteiger partial charge in [-0.15, -0.1) is 0 Å². The zero-order valence-electron chi connectivity index (χ0n) is 12.1. The molecular formula is C16H22N4. The highest BCUT2D eigenvalue weighted by atomic mass is 15.1. The standard InChI is InChI=1S/C16H22N4/c1-11-10-20(2)8-7-14(11)18-16-6-3-12-9-13(17)4-5-15(12)19-16/h3-6,9,11,14H,7-8,10,17H2,1-2H3,(H,18,19). The van der Waals surface area contributed by atoms with E-state index in [2.05, 4.69) is 35.2 Å². The Morgan fingerprint density at radius 2 is 2.15 bits per heavy atom. The molecule has 2 aromatic rings. The molecule has 1 aliphatic heterocycles. The van der Waals surface area contributed by atoms with E-state index in [0.29, 0.717) is 12.0 Å². The van der Waals surface area contributed by atoms with Crippen LogP contribution >= 0.6 is 0 Å². The minimum absolute atomic E-state index is 0.505. The largest absolute Gasteiger partial charge is 0.399 e. The van der Waals surface area contributed by atoms with Crippen LogP contribution in [-0.4, -0.2) is 36.1 Å². The number of rotatable bonds is 2. The lowest BCUT2D eigenvalue weighted by atomic mass is 9.94. The third-order valence-electron chi connectivity index (χ3n) is 4.15. The van der Waals surface area contributed by atoms with E-state index in [0.717, 1.165) is 35.5 Å². The predicted molar refractivity (Wildman–Crippen MR) is 84.8 cm³/mol. The van der Waals surface area contributed by atoms with Crippen LogP contribution in [0.15, 0.2) is 30.3 Å². The number of aromatic nitrogens is 1. The lowest BCUT2D eigenvalue weighted by molar-refractivity contribution is 0.206. The quantitative estimate of drug-likeness (QED) is 0.824. The number of hydrogen-bond donors (Lipinski definition) is 2. The molecule has 3 N–H and O–H groups in total. The second kappa shape index (κ2) is 5.29. The number of fused-ring (bicyclic) bond motifs is 1. The molecule has 20 heavy (non-hydrogen) atoms. The van der Waals surface area contributed by atoms with Crippen LogP contribution < -0.4 is 11.1 Å². The van der Waals surface area contributed by atoms with Crippen LogP contribution in [0.5, 0.6) is 0 Å². The predicted octanol–water partition coefficient (Wildman–Crippen LogP) is 2.57. The van der Waals surface area contributed by atoms with Gasteiger partial charge < -0.3 is 16.0 Å². The number of nitrogens with two attached hydrogens (primary N) is 1. The third-order valence-corrected chi connectivity index (χ3v) is 4.15. The maximum Gasteiger partial charge on any atom is 0.126 e. The molecule has 2 atom stereocenters. The van der Waals surface area contributed by atoms with Gasteiger partial charge in [-0.1, -0.05) is 6.92 Å². The number of piperidine rings is 1. The van der Waals surface area contributed by atoms with Crippen molar-refractivity contribution in [1.82, 2.24) is 9.88 Å². The smallest absolute Gasteiger partial charge is 0.126 e. The molecule has 1 aromatic heterocycles. The summed E-state index contributed by atoms with van der Waals surface area (Å²) in [7, 11) is 2.19. The van der Waals surface area contributed by atoms with Gasteiger partial charge in [0.2, 0.25) is 0 Å². The highest BCUT2D eigenvalue weighted by molar-refractivity contribution is 5.83. The van der Waals surface area contributed by atoms with Gasteiger partial charge in [-0.05, 0) is 56.3 Å². The molecule has 106 valence electrons. The van der Waals surface area contributed by atoms with E-state index in [1.54, 1.807) is 0 Å². The molecule has 2 heterocycles. The Bertz CT molecular complexity index is 610. The summed E-state index contributed by atoms with van der Waals surface area (Å²) in [6.07, 6.45) is 1.17. The van der Waals surface area contributed by atoms with Crippen molar-refractivity contribution in [2.75, 3.05) is 31.2 Å². The van der Waals surface area contributed by atoms with Gasteiger partial charge in [0.05, 0.1) is 5.52 Å². The first-order chi connectivity index (χ1) is 9.61. The number of nitrogens with one attached hydrogen (secondary N) is 1. The molecule has 0 bridgehead atoms. The zero-order valence-corrected chi connectivity index (χ0v) is 12.1. The summed E-state index contributed by atoms with van der Waals surface area (Å²) in [6, 6.07) is 10.5. The number of anilines is 2. The molecule has 3 rings (SSSR count). The first-order valence-corrected chi connectivity index (χ1v) is 7.23. The first-order valence-electron chi connectivity index (χ1n) is 7.23. The van der Waals surface area contributed by atoms with Crippen molar-refractivity contribution >= 4 is 22.4 Å². The van der Waals surface area contributed by atoms with E-state index in [9.17, 15) is 0 Å². The van der Waals surface area contributed by atoms with E-state index < -0.39 is 0 Å². The minimum atomic E-state index is 0.505. The Labute approximate surface area is 120 Å². The third kappa shape index (κ3) is 2.70. The Kier molecular flexibility index (Phi) is 3.49. The fourth-order valence-corrected chi connectivity index (χ4v) is 2.98. The second-order valence-corrected chi connectivity index (χ2v) is 5.93. The SMILES string of the molecule is CC1CN(C)CCC1Nc1ccc2cc(N)ccc2n1.